The summed E-state index contributed by atoms with van der Waals surface area (Å²) in [5, 5.41) is 0. The van der Waals surface area contributed by atoms with Crippen molar-refractivity contribution >= 4 is 15.7 Å². The molecule has 0 amide bonds. The van der Waals surface area contributed by atoms with Gasteiger partial charge in [-0.15, -0.1) is 0 Å². The molecule has 0 aliphatic rings. The molecule has 82 valence electrons. The quantitative estimate of drug-likeness (QED) is 0.791. The van der Waals surface area contributed by atoms with Crippen LogP contribution in [-0.2, 0) is 9.84 Å². The maximum atomic E-state index is 12.7. The highest BCUT2D eigenvalue weighted by molar-refractivity contribution is 7.90. The fourth-order valence-electron chi connectivity index (χ4n) is 0.958. The molecule has 1 aromatic rings. The third kappa shape index (κ3) is 2.82. The average molecular weight is 236 g/mol. The first-order valence-electron chi connectivity index (χ1n) is 3.83. The van der Waals surface area contributed by atoms with Gasteiger partial charge in [0, 0.05) is 11.8 Å². The van der Waals surface area contributed by atoms with Crippen molar-refractivity contribution in [2.45, 2.75) is 4.90 Å². The largest absolute Gasteiger partial charge is 0.306 e. The zero-order chi connectivity index (χ0) is 11.6. The summed E-state index contributed by atoms with van der Waals surface area (Å²) >= 11 is 0. The van der Waals surface area contributed by atoms with Gasteiger partial charge in [-0.2, -0.15) is 8.78 Å². The average Bonchev–Trinajstić information content (AvgIpc) is 2.15. The van der Waals surface area contributed by atoms with Crippen LogP contribution in [0.3, 0.4) is 0 Å². The smallest absolute Gasteiger partial charge is 0.224 e. The summed E-state index contributed by atoms with van der Waals surface area (Å²) in [7, 11) is -3.39. The summed E-state index contributed by atoms with van der Waals surface area (Å²) in [6.45, 7) is 0. The molecule has 0 spiro atoms. The van der Waals surface area contributed by atoms with Crippen molar-refractivity contribution in [3.8, 4) is 0 Å². The molecule has 0 fully saturated rings. The molecule has 0 saturated carbocycles. The fourth-order valence-corrected chi connectivity index (χ4v) is 1.59. The SMILES string of the molecule is CS(=O)(=O)c1ccc(C(F)=C(F)F)cc1. The van der Waals surface area contributed by atoms with E-state index < -0.39 is 21.7 Å². The van der Waals surface area contributed by atoms with Crippen molar-refractivity contribution in [2.75, 3.05) is 6.26 Å². The molecule has 6 heteroatoms. The predicted molar refractivity (Wildman–Crippen MR) is 49.8 cm³/mol. The fraction of sp³-hybridized carbons (Fsp3) is 0.111. The minimum absolute atomic E-state index is 0.0432. The van der Waals surface area contributed by atoms with E-state index in [1.807, 2.05) is 0 Å². The predicted octanol–water partition coefficient (Wildman–Crippen LogP) is 2.62. The third-order valence-corrected chi connectivity index (χ3v) is 2.83. The molecule has 0 bridgehead atoms. The lowest BCUT2D eigenvalue weighted by molar-refractivity contribution is 0.410. The molecule has 1 aromatic carbocycles. The van der Waals surface area contributed by atoms with Crippen molar-refractivity contribution in [3.63, 3.8) is 0 Å². The number of hydrogen-bond donors (Lipinski definition) is 0. The zero-order valence-corrected chi connectivity index (χ0v) is 8.48. The maximum Gasteiger partial charge on any atom is 0.306 e. The summed E-state index contributed by atoms with van der Waals surface area (Å²) < 4.78 is 58.3. The van der Waals surface area contributed by atoms with E-state index >= 15 is 0 Å². The molecular weight excluding hydrogens is 229 g/mol. The lowest BCUT2D eigenvalue weighted by atomic mass is 10.2. The Bertz CT molecular complexity index is 485. The monoisotopic (exact) mass is 236 g/mol. The Hall–Kier alpha value is -1.30. The van der Waals surface area contributed by atoms with Crippen LogP contribution in [0.2, 0.25) is 0 Å². The second-order valence-corrected chi connectivity index (χ2v) is 4.89. The van der Waals surface area contributed by atoms with Crippen LogP contribution in [0.4, 0.5) is 13.2 Å². The maximum absolute atomic E-state index is 12.7. The zero-order valence-electron chi connectivity index (χ0n) is 7.67. The summed E-state index contributed by atoms with van der Waals surface area (Å²) in [5.41, 5.74) is -0.345. The highest BCUT2D eigenvalue weighted by Crippen LogP contribution is 2.23. The Morgan fingerprint density at radius 1 is 1.07 bits per heavy atom. The molecule has 0 aromatic heterocycles. The summed E-state index contributed by atoms with van der Waals surface area (Å²) in [4.78, 5) is -0.0432. The van der Waals surface area contributed by atoms with Gasteiger partial charge in [-0.05, 0) is 12.1 Å². The molecule has 0 aliphatic carbocycles. The first-order chi connectivity index (χ1) is 6.82. The Balaban J connectivity index is 3.18. The summed E-state index contributed by atoms with van der Waals surface area (Å²) in [5.74, 6) is -1.64. The standard InChI is InChI=1S/C9H7F3O2S/c1-15(13,14)7-4-2-6(3-5-7)8(10)9(11)12/h2-5H,1H3. The van der Waals surface area contributed by atoms with Crippen LogP contribution in [0, 0.1) is 0 Å². The highest BCUT2D eigenvalue weighted by atomic mass is 32.2. The molecule has 0 radical (unpaired) electrons. The van der Waals surface area contributed by atoms with Gasteiger partial charge in [0.1, 0.15) is 0 Å². The molecular formula is C9H7F3O2S. The summed E-state index contributed by atoms with van der Waals surface area (Å²) in [6.07, 6.45) is -1.45. The molecule has 0 atom stereocenters. The van der Waals surface area contributed by atoms with Gasteiger partial charge in [-0.25, -0.2) is 12.8 Å². The van der Waals surface area contributed by atoms with Crippen LogP contribution < -0.4 is 0 Å². The number of rotatable bonds is 2. The lowest BCUT2D eigenvalue weighted by Crippen LogP contribution is -1.96. The molecule has 15 heavy (non-hydrogen) atoms. The topological polar surface area (TPSA) is 34.1 Å². The first kappa shape index (κ1) is 11.8. The van der Waals surface area contributed by atoms with Crippen molar-refractivity contribution in [1.82, 2.24) is 0 Å². The molecule has 2 nitrogen and oxygen atoms in total. The lowest BCUT2D eigenvalue weighted by Gasteiger charge is -1.99. The number of hydrogen-bond acceptors (Lipinski definition) is 2. The molecule has 0 N–H and O–H groups in total. The molecule has 0 aliphatic heterocycles. The van der Waals surface area contributed by atoms with Gasteiger partial charge in [0.05, 0.1) is 4.90 Å². The van der Waals surface area contributed by atoms with E-state index in [9.17, 15) is 21.6 Å². The number of sulfone groups is 1. The minimum Gasteiger partial charge on any atom is -0.224 e. The van der Waals surface area contributed by atoms with Gasteiger partial charge >= 0.3 is 6.08 Å². The Morgan fingerprint density at radius 2 is 1.53 bits per heavy atom. The van der Waals surface area contributed by atoms with Crippen LogP contribution in [0.15, 0.2) is 35.2 Å². The van der Waals surface area contributed by atoms with Crippen LogP contribution in [0.5, 0.6) is 0 Å². The molecule has 0 heterocycles. The van der Waals surface area contributed by atoms with Crippen molar-refractivity contribution < 1.29 is 21.6 Å². The molecule has 1 rings (SSSR count). The van der Waals surface area contributed by atoms with Crippen molar-refractivity contribution in [1.29, 1.82) is 0 Å². The normalized spacial score (nSPS) is 11.2. The minimum atomic E-state index is -3.39. The second-order valence-electron chi connectivity index (χ2n) is 2.87. The highest BCUT2D eigenvalue weighted by Gasteiger charge is 2.10. The Kier molecular flexibility index (Phi) is 3.18. The van der Waals surface area contributed by atoms with E-state index in [0.29, 0.717) is 0 Å². The van der Waals surface area contributed by atoms with Crippen LogP contribution in [0.25, 0.3) is 5.83 Å². The van der Waals surface area contributed by atoms with E-state index in [-0.39, 0.29) is 10.5 Å². The summed E-state index contributed by atoms with van der Waals surface area (Å²) in [6, 6.07) is 4.14. The van der Waals surface area contributed by atoms with Gasteiger partial charge in [0.15, 0.2) is 15.7 Å². The second kappa shape index (κ2) is 4.06. The Labute approximate surface area is 85.0 Å². The van der Waals surface area contributed by atoms with Crippen LogP contribution >= 0.6 is 0 Å². The Morgan fingerprint density at radius 3 is 1.87 bits per heavy atom. The molecule has 0 saturated heterocycles. The number of halogens is 3. The van der Waals surface area contributed by atoms with Crippen LogP contribution in [-0.4, -0.2) is 14.7 Å². The van der Waals surface area contributed by atoms with Crippen LogP contribution in [0.1, 0.15) is 5.56 Å². The molecule has 0 unspecified atom stereocenters. The van der Waals surface area contributed by atoms with Crippen molar-refractivity contribution in [2.24, 2.45) is 0 Å². The van der Waals surface area contributed by atoms with Gasteiger partial charge in [0.25, 0.3) is 0 Å². The van der Waals surface area contributed by atoms with E-state index in [1.165, 1.54) is 0 Å². The third-order valence-electron chi connectivity index (χ3n) is 1.70. The van der Waals surface area contributed by atoms with E-state index in [2.05, 4.69) is 0 Å². The van der Waals surface area contributed by atoms with Crippen molar-refractivity contribution in [3.05, 3.63) is 35.9 Å². The first-order valence-corrected chi connectivity index (χ1v) is 5.73. The van der Waals surface area contributed by atoms with Gasteiger partial charge in [-0.3, -0.25) is 0 Å². The van der Waals surface area contributed by atoms with Gasteiger partial charge in [-0.1, -0.05) is 12.1 Å². The number of benzene rings is 1. The van der Waals surface area contributed by atoms with E-state index in [1.54, 1.807) is 0 Å². The van der Waals surface area contributed by atoms with Gasteiger partial charge in [0.2, 0.25) is 0 Å². The van der Waals surface area contributed by atoms with E-state index in [0.717, 1.165) is 30.5 Å². The van der Waals surface area contributed by atoms with Gasteiger partial charge < -0.3 is 0 Å². The van der Waals surface area contributed by atoms with E-state index in [4.69, 9.17) is 0 Å².